The number of ether oxygens (including phenoxy) is 1. The van der Waals surface area contributed by atoms with Crippen molar-refractivity contribution in [3.05, 3.63) is 58.9 Å². The Balaban J connectivity index is 1.56. The van der Waals surface area contributed by atoms with Crippen LogP contribution >= 0.6 is 0 Å². The lowest BCUT2D eigenvalue weighted by atomic mass is 9.91. The van der Waals surface area contributed by atoms with Crippen LogP contribution in [0.1, 0.15) is 40.7 Å². The van der Waals surface area contributed by atoms with Crippen LogP contribution in [0.25, 0.3) is 0 Å². The van der Waals surface area contributed by atoms with Gasteiger partial charge in [0.1, 0.15) is 5.82 Å². The Morgan fingerprint density at radius 3 is 2.66 bits per heavy atom. The molecule has 154 valence electrons. The molecule has 2 aromatic rings. The van der Waals surface area contributed by atoms with Gasteiger partial charge in [0.25, 0.3) is 5.91 Å². The molecule has 2 fully saturated rings. The Labute approximate surface area is 170 Å². The van der Waals surface area contributed by atoms with Crippen molar-refractivity contribution in [1.82, 2.24) is 0 Å². The van der Waals surface area contributed by atoms with Crippen molar-refractivity contribution >= 4 is 21.4 Å². The fourth-order valence-corrected chi connectivity index (χ4v) is 6.36. The van der Waals surface area contributed by atoms with Gasteiger partial charge >= 0.3 is 0 Å². The Hall–Kier alpha value is -2.25. The van der Waals surface area contributed by atoms with Gasteiger partial charge in [0.2, 0.25) is 0 Å². The van der Waals surface area contributed by atoms with Crippen LogP contribution in [0.2, 0.25) is 0 Å². The molecular formula is C22H24FNO4S. The molecule has 2 aromatic carbocycles. The standard InChI is InChI=1S/C22H24FNO4S/c1-13-10-16(6-8-19(13)23)24-22(25)18-4-3-5-21(14(18)2)29(26,27)12-15-11-17-7-9-20(15)28-17/h3-6,8,10,15,17,20H,7,9,11-12H2,1-2H3,(H,24,25). The maximum absolute atomic E-state index is 13.4. The number of sulfone groups is 1. The number of hydrogen-bond acceptors (Lipinski definition) is 4. The molecule has 3 atom stereocenters. The third kappa shape index (κ3) is 3.94. The quantitative estimate of drug-likeness (QED) is 0.797. The molecule has 0 saturated carbocycles. The molecule has 0 spiro atoms. The molecule has 0 radical (unpaired) electrons. The number of aryl methyl sites for hydroxylation is 1. The summed E-state index contributed by atoms with van der Waals surface area (Å²) in [5, 5.41) is 2.72. The first-order valence-electron chi connectivity index (χ1n) is 9.80. The van der Waals surface area contributed by atoms with Crippen molar-refractivity contribution in [2.75, 3.05) is 11.1 Å². The minimum absolute atomic E-state index is 0.0119. The van der Waals surface area contributed by atoms with Gasteiger partial charge < -0.3 is 10.1 Å². The van der Waals surface area contributed by atoms with E-state index in [0.717, 1.165) is 19.3 Å². The number of benzene rings is 2. The number of halogens is 1. The van der Waals surface area contributed by atoms with Crippen LogP contribution in [0, 0.1) is 25.6 Å². The molecule has 7 heteroatoms. The van der Waals surface area contributed by atoms with Crippen molar-refractivity contribution in [2.24, 2.45) is 5.92 Å². The molecule has 1 N–H and O–H groups in total. The van der Waals surface area contributed by atoms with Crippen molar-refractivity contribution in [2.45, 2.75) is 50.2 Å². The lowest BCUT2D eigenvalue weighted by Crippen LogP contribution is -2.26. The second kappa shape index (κ2) is 7.54. The molecule has 5 nitrogen and oxygen atoms in total. The predicted molar refractivity (Wildman–Crippen MR) is 108 cm³/mol. The minimum Gasteiger partial charge on any atom is -0.375 e. The molecule has 2 aliphatic rings. The van der Waals surface area contributed by atoms with E-state index in [1.54, 1.807) is 32.0 Å². The summed E-state index contributed by atoms with van der Waals surface area (Å²) in [6, 6.07) is 9.04. The zero-order valence-corrected chi connectivity index (χ0v) is 17.3. The van der Waals surface area contributed by atoms with E-state index in [1.165, 1.54) is 18.2 Å². The smallest absolute Gasteiger partial charge is 0.255 e. The van der Waals surface area contributed by atoms with Crippen LogP contribution < -0.4 is 5.32 Å². The van der Waals surface area contributed by atoms with Crippen molar-refractivity contribution in [1.29, 1.82) is 0 Å². The summed E-state index contributed by atoms with van der Waals surface area (Å²) in [7, 11) is -3.55. The number of hydrogen-bond donors (Lipinski definition) is 1. The Morgan fingerprint density at radius 2 is 2.00 bits per heavy atom. The summed E-state index contributed by atoms with van der Waals surface area (Å²) < 4.78 is 45.4. The highest BCUT2D eigenvalue weighted by Gasteiger charge is 2.43. The van der Waals surface area contributed by atoms with Crippen LogP contribution in [0.5, 0.6) is 0 Å². The highest BCUT2D eigenvalue weighted by molar-refractivity contribution is 7.91. The summed E-state index contributed by atoms with van der Waals surface area (Å²) in [6.45, 7) is 3.26. The SMILES string of the molecule is Cc1cc(NC(=O)c2cccc(S(=O)(=O)CC3CC4CCC3O4)c2C)ccc1F. The number of carbonyl (C=O) groups is 1. The third-order valence-corrected chi connectivity index (χ3v) is 7.92. The van der Waals surface area contributed by atoms with Gasteiger partial charge in [0.15, 0.2) is 9.84 Å². The van der Waals surface area contributed by atoms with E-state index in [4.69, 9.17) is 4.74 Å². The maximum atomic E-state index is 13.4. The lowest BCUT2D eigenvalue weighted by molar-refractivity contribution is 0.0952. The molecule has 1 amide bonds. The number of anilines is 1. The van der Waals surface area contributed by atoms with E-state index in [-0.39, 0.29) is 40.2 Å². The van der Waals surface area contributed by atoms with Crippen LogP contribution in [0.3, 0.4) is 0 Å². The highest BCUT2D eigenvalue weighted by atomic mass is 32.2. The molecular weight excluding hydrogens is 393 g/mol. The van der Waals surface area contributed by atoms with E-state index in [0.29, 0.717) is 16.8 Å². The number of carbonyl (C=O) groups excluding carboxylic acids is 1. The second-order valence-corrected chi connectivity index (χ2v) is 10.0. The van der Waals surface area contributed by atoms with Crippen LogP contribution in [0.4, 0.5) is 10.1 Å². The second-order valence-electron chi connectivity index (χ2n) is 8.00. The lowest BCUT2D eigenvalue weighted by Gasteiger charge is -2.19. The van der Waals surface area contributed by atoms with Gasteiger partial charge in [0, 0.05) is 17.2 Å². The molecule has 0 aliphatic carbocycles. The van der Waals surface area contributed by atoms with Crippen molar-refractivity contribution in [3.63, 3.8) is 0 Å². The number of fused-ring (bicyclic) bond motifs is 2. The van der Waals surface area contributed by atoms with Gasteiger partial charge in [0.05, 0.1) is 22.9 Å². The summed E-state index contributed by atoms with van der Waals surface area (Å²) in [4.78, 5) is 12.9. The zero-order chi connectivity index (χ0) is 20.8. The van der Waals surface area contributed by atoms with E-state index < -0.39 is 15.7 Å². The van der Waals surface area contributed by atoms with Crippen molar-refractivity contribution in [3.8, 4) is 0 Å². The average Bonchev–Trinajstić information content (AvgIpc) is 3.27. The normalized spacial score (nSPS) is 23.3. The fraction of sp³-hybridized carbons (Fsp3) is 0.409. The van der Waals surface area contributed by atoms with Gasteiger partial charge in [-0.25, -0.2) is 12.8 Å². The summed E-state index contributed by atoms with van der Waals surface area (Å²) in [5.74, 6) is -0.722. The van der Waals surface area contributed by atoms with Gasteiger partial charge in [-0.3, -0.25) is 4.79 Å². The predicted octanol–water partition coefficient (Wildman–Crippen LogP) is 4.04. The summed E-state index contributed by atoms with van der Waals surface area (Å²) in [5.41, 5.74) is 1.59. The molecule has 2 aliphatic heterocycles. The fourth-order valence-electron chi connectivity index (χ4n) is 4.41. The minimum atomic E-state index is -3.55. The Bertz CT molecular complexity index is 1070. The topological polar surface area (TPSA) is 72.5 Å². The van der Waals surface area contributed by atoms with Crippen LogP contribution in [-0.2, 0) is 14.6 Å². The third-order valence-electron chi connectivity index (χ3n) is 5.94. The van der Waals surface area contributed by atoms with Crippen LogP contribution in [0.15, 0.2) is 41.3 Å². The van der Waals surface area contributed by atoms with Gasteiger partial charge in [-0.1, -0.05) is 6.07 Å². The molecule has 29 heavy (non-hydrogen) atoms. The van der Waals surface area contributed by atoms with E-state index in [1.807, 2.05) is 0 Å². The van der Waals surface area contributed by atoms with Gasteiger partial charge in [-0.15, -0.1) is 0 Å². The Kier molecular flexibility index (Phi) is 5.21. The highest BCUT2D eigenvalue weighted by Crippen LogP contribution is 2.40. The molecule has 3 unspecified atom stereocenters. The number of amides is 1. The number of nitrogens with one attached hydrogen (secondary N) is 1. The summed E-state index contributed by atoms with van der Waals surface area (Å²) >= 11 is 0. The van der Waals surface area contributed by atoms with E-state index >= 15 is 0 Å². The number of rotatable bonds is 5. The Morgan fingerprint density at radius 1 is 1.21 bits per heavy atom. The molecule has 4 rings (SSSR count). The first kappa shape index (κ1) is 20.0. The molecule has 0 aromatic heterocycles. The van der Waals surface area contributed by atoms with E-state index in [9.17, 15) is 17.6 Å². The zero-order valence-electron chi connectivity index (χ0n) is 16.4. The van der Waals surface area contributed by atoms with Gasteiger partial charge in [-0.2, -0.15) is 0 Å². The first-order chi connectivity index (χ1) is 13.7. The first-order valence-corrected chi connectivity index (χ1v) is 11.4. The largest absolute Gasteiger partial charge is 0.375 e. The van der Waals surface area contributed by atoms with Gasteiger partial charge in [-0.05, 0) is 74.6 Å². The van der Waals surface area contributed by atoms with Crippen LogP contribution in [-0.4, -0.2) is 32.3 Å². The average molecular weight is 418 g/mol. The molecule has 2 saturated heterocycles. The molecule has 2 bridgehead atoms. The monoisotopic (exact) mass is 417 g/mol. The summed E-state index contributed by atoms with van der Waals surface area (Å²) in [6.07, 6.45) is 2.94. The van der Waals surface area contributed by atoms with E-state index in [2.05, 4.69) is 5.32 Å². The maximum Gasteiger partial charge on any atom is 0.255 e. The van der Waals surface area contributed by atoms with Crippen molar-refractivity contribution < 1.29 is 22.3 Å². The molecule has 2 heterocycles.